The molecule has 0 amide bonds. The maximum atomic E-state index is 7.15. The van der Waals surface area contributed by atoms with Crippen molar-refractivity contribution in [2.45, 2.75) is 0 Å². The van der Waals surface area contributed by atoms with Crippen molar-refractivity contribution in [3.63, 3.8) is 0 Å². The van der Waals surface area contributed by atoms with E-state index in [0.29, 0.717) is 0 Å². The van der Waals surface area contributed by atoms with Gasteiger partial charge in [-0.3, -0.25) is 0 Å². The van der Waals surface area contributed by atoms with Gasteiger partial charge in [0, 0.05) is 32.9 Å². The van der Waals surface area contributed by atoms with Crippen LogP contribution in [0.3, 0.4) is 0 Å². The highest BCUT2D eigenvalue weighted by atomic mass is 28.3. The molecule has 0 N–H and O–H groups in total. The number of aromatic nitrogens is 1. The van der Waals surface area contributed by atoms with E-state index in [1.807, 2.05) is 0 Å². The van der Waals surface area contributed by atoms with Crippen molar-refractivity contribution in [3.8, 4) is 56.3 Å². The minimum atomic E-state index is -2.71. The normalized spacial score (nSPS) is 12.5. The van der Waals surface area contributed by atoms with Gasteiger partial charge in [-0.05, 0) is 91.0 Å². The van der Waals surface area contributed by atoms with E-state index in [-0.39, 0.29) is 6.92 Å². The van der Waals surface area contributed by atoms with Crippen molar-refractivity contribution in [1.29, 1.82) is 0 Å². The fourth-order valence-corrected chi connectivity index (χ4v) is 15.5. The Morgan fingerprint density at radius 2 is 0.877 bits per heavy atom. The maximum absolute atomic E-state index is 7.15. The summed E-state index contributed by atoms with van der Waals surface area (Å²) in [6.07, 6.45) is 0. The van der Waals surface area contributed by atoms with Gasteiger partial charge in [0.2, 0.25) is 0 Å². The molecule has 5 heteroatoms. The van der Waals surface area contributed by atoms with Gasteiger partial charge in [-0.15, -0.1) is 0 Å². The second-order valence-corrected chi connectivity index (χ2v) is 20.9. The molecular formula is C60H40BNO2Si. The highest BCUT2D eigenvalue weighted by Crippen LogP contribution is 2.42. The smallest absolute Gasteiger partial charge is 0.434 e. The molecule has 0 saturated carbocycles. The Morgan fingerprint density at radius 3 is 1.54 bits per heavy atom. The van der Waals surface area contributed by atoms with Gasteiger partial charge in [0.05, 0.1) is 11.0 Å². The summed E-state index contributed by atoms with van der Waals surface area (Å²) in [5, 5.41) is 7.90. The standard InChI is InChI=1S/C60H40BNO2Si/c1-4-20-46(21-5-1)65(47-22-6-2-7-23-47,48-24-8-3-9-25-48)49-26-15-18-42(38-49)43-33-35-52-53-29-16-32-57-60(53)61(64-58(52)39-43)54-36-34-44(40-59(54)63-57)41-17-14-19-45(37-41)62-55-30-12-10-27-50(55)51-28-11-13-31-56(51)62/h1-40H. The molecule has 304 valence electrons. The fourth-order valence-electron chi connectivity index (χ4n) is 10.7. The van der Waals surface area contributed by atoms with Crippen LogP contribution in [0.5, 0.6) is 17.2 Å². The van der Waals surface area contributed by atoms with E-state index in [9.17, 15) is 0 Å². The van der Waals surface area contributed by atoms with E-state index in [4.69, 9.17) is 9.39 Å². The van der Waals surface area contributed by atoms with Crippen LogP contribution in [0.15, 0.2) is 243 Å². The van der Waals surface area contributed by atoms with Crippen LogP contribution in [-0.2, 0) is 0 Å². The molecular weight excluding hydrogens is 806 g/mol. The van der Waals surface area contributed by atoms with Gasteiger partial charge in [-0.2, -0.15) is 0 Å². The molecule has 3 heterocycles. The Bertz CT molecular complexity index is 3470. The lowest BCUT2D eigenvalue weighted by molar-refractivity contribution is 0.479. The van der Waals surface area contributed by atoms with Crippen LogP contribution >= 0.6 is 0 Å². The zero-order valence-electron chi connectivity index (χ0n) is 35.4. The first kappa shape index (κ1) is 37.4. The molecule has 2 aliphatic heterocycles. The predicted molar refractivity (Wildman–Crippen MR) is 273 cm³/mol. The first-order valence-corrected chi connectivity index (χ1v) is 24.3. The molecule has 10 aromatic carbocycles. The summed E-state index contributed by atoms with van der Waals surface area (Å²) in [6.45, 7) is -0.314. The zero-order chi connectivity index (χ0) is 42.9. The lowest BCUT2D eigenvalue weighted by atomic mass is 9.51. The number of rotatable bonds is 7. The number of fused-ring (bicyclic) bond motifs is 7. The summed E-state index contributed by atoms with van der Waals surface area (Å²) in [6, 6.07) is 88.3. The van der Waals surface area contributed by atoms with E-state index in [2.05, 4.69) is 247 Å². The molecule has 0 bridgehead atoms. The molecule has 13 rings (SSSR count). The van der Waals surface area contributed by atoms with Gasteiger partial charge in [0.1, 0.15) is 17.2 Å². The van der Waals surface area contributed by atoms with Crippen molar-refractivity contribution in [3.05, 3.63) is 243 Å². The molecule has 0 spiro atoms. The third kappa shape index (κ3) is 5.90. The number of benzene rings is 10. The SMILES string of the molecule is c1ccc([Si](c2ccccc2)(c2ccccc2)c2cccc(-c3ccc4c(c3)OB3c5ccc(-c6cccc(-n7c8ccccc8c8ccccc87)c6)cc5Oc5cccc-4c53)c2)cc1. The Hall–Kier alpha value is -8.12. The van der Waals surface area contributed by atoms with Crippen molar-refractivity contribution in [1.82, 2.24) is 4.57 Å². The molecule has 0 fully saturated rings. The highest BCUT2D eigenvalue weighted by Gasteiger charge is 2.43. The Labute approximate surface area is 379 Å². The Morgan fingerprint density at radius 1 is 0.354 bits per heavy atom. The first-order chi connectivity index (χ1) is 32.2. The van der Waals surface area contributed by atoms with Crippen molar-refractivity contribution in [2.24, 2.45) is 0 Å². The summed E-state index contributed by atoms with van der Waals surface area (Å²) < 4.78 is 16.3. The third-order valence-electron chi connectivity index (χ3n) is 13.6. The van der Waals surface area contributed by atoms with Crippen LogP contribution in [0.4, 0.5) is 0 Å². The summed E-state index contributed by atoms with van der Waals surface area (Å²) in [4.78, 5) is 0. The van der Waals surface area contributed by atoms with Gasteiger partial charge in [0.15, 0.2) is 8.07 Å². The summed E-state index contributed by atoms with van der Waals surface area (Å²) in [7, 11) is -2.71. The predicted octanol–water partition coefficient (Wildman–Crippen LogP) is 10.8. The topological polar surface area (TPSA) is 23.4 Å². The fraction of sp³-hybridized carbons (Fsp3) is 0. The van der Waals surface area contributed by atoms with E-state index in [1.165, 1.54) is 42.6 Å². The molecule has 1 aromatic heterocycles. The third-order valence-corrected chi connectivity index (χ3v) is 18.4. The first-order valence-electron chi connectivity index (χ1n) is 22.3. The van der Waals surface area contributed by atoms with Crippen LogP contribution < -0.4 is 41.1 Å². The molecule has 3 nitrogen and oxygen atoms in total. The lowest BCUT2D eigenvalue weighted by Crippen LogP contribution is -2.74. The van der Waals surface area contributed by atoms with Gasteiger partial charge < -0.3 is 14.0 Å². The average Bonchev–Trinajstić information content (AvgIpc) is 3.72. The van der Waals surface area contributed by atoms with Gasteiger partial charge in [-0.25, -0.2) is 0 Å². The minimum absolute atomic E-state index is 0.314. The summed E-state index contributed by atoms with van der Waals surface area (Å²) in [5.41, 5.74) is 12.3. The molecule has 2 aliphatic rings. The molecule has 0 radical (unpaired) electrons. The molecule has 0 atom stereocenters. The van der Waals surface area contributed by atoms with Gasteiger partial charge in [0.25, 0.3) is 0 Å². The van der Waals surface area contributed by atoms with Crippen molar-refractivity contribution in [2.75, 3.05) is 0 Å². The second kappa shape index (κ2) is 15.0. The second-order valence-electron chi connectivity index (χ2n) is 17.1. The minimum Gasteiger partial charge on any atom is -0.551 e. The molecule has 0 unspecified atom stereocenters. The van der Waals surface area contributed by atoms with Crippen LogP contribution in [0.1, 0.15) is 0 Å². The quantitative estimate of drug-likeness (QED) is 0.118. The van der Waals surface area contributed by atoms with Crippen molar-refractivity contribution >= 4 is 68.5 Å². The number of nitrogens with zero attached hydrogens (tertiary/aromatic N) is 1. The number of hydrogen-bond donors (Lipinski definition) is 0. The number of hydrogen-bond acceptors (Lipinski definition) is 2. The van der Waals surface area contributed by atoms with Crippen LogP contribution in [0, 0.1) is 0 Å². The van der Waals surface area contributed by atoms with Crippen molar-refractivity contribution < 1.29 is 9.39 Å². The summed E-state index contributed by atoms with van der Waals surface area (Å²) in [5.74, 6) is 2.52. The number of ether oxygens (including phenoxy) is 1. The molecule has 11 aromatic rings. The van der Waals surface area contributed by atoms with Gasteiger partial charge >= 0.3 is 6.92 Å². The highest BCUT2D eigenvalue weighted by molar-refractivity contribution is 7.19. The van der Waals surface area contributed by atoms with Crippen LogP contribution in [0.2, 0.25) is 0 Å². The lowest BCUT2D eigenvalue weighted by Gasteiger charge is -2.35. The van der Waals surface area contributed by atoms with E-state index < -0.39 is 8.07 Å². The Kier molecular flexibility index (Phi) is 8.65. The Balaban J connectivity index is 0.886. The van der Waals surface area contributed by atoms with E-state index in [0.717, 1.165) is 67.2 Å². The molecule has 0 saturated heterocycles. The van der Waals surface area contributed by atoms with E-state index in [1.54, 1.807) is 0 Å². The van der Waals surface area contributed by atoms with Gasteiger partial charge in [-0.1, -0.05) is 200 Å². The van der Waals surface area contributed by atoms with Crippen LogP contribution in [0.25, 0.3) is 60.9 Å². The average molecular weight is 846 g/mol. The largest absolute Gasteiger partial charge is 0.551 e. The molecule has 65 heavy (non-hydrogen) atoms. The summed E-state index contributed by atoms with van der Waals surface area (Å²) >= 11 is 0. The number of para-hydroxylation sites is 2. The van der Waals surface area contributed by atoms with Crippen LogP contribution in [-0.4, -0.2) is 19.6 Å². The maximum Gasteiger partial charge on any atom is 0.434 e. The van der Waals surface area contributed by atoms with E-state index >= 15 is 0 Å². The molecule has 0 aliphatic carbocycles. The zero-order valence-corrected chi connectivity index (χ0v) is 36.4. The monoisotopic (exact) mass is 845 g/mol.